The van der Waals surface area contributed by atoms with E-state index in [1.165, 1.54) is 12.1 Å². The lowest BCUT2D eigenvalue weighted by Crippen LogP contribution is -2.60. The number of fused-ring (bicyclic) bond motifs is 1. The summed E-state index contributed by atoms with van der Waals surface area (Å²) in [7, 11) is 0. The maximum atomic E-state index is 13.0. The maximum Gasteiger partial charge on any atom is 0.356 e. The molecule has 0 radical (unpaired) electrons. The number of thioether (sulfide) groups is 1. The summed E-state index contributed by atoms with van der Waals surface area (Å²) in [5.41, 5.74) is 2.03. The van der Waals surface area contributed by atoms with Gasteiger partial charge in [-0.25, -0.2) is 4.79 Å². The largest absolute Gasteiger partial charge is 0.456 e. The highest BCUT2D eigenvalue weighted by Crippen LogP contribution is 2.49. The number of nitro benzene ring substituents is 1. The number of nitrogens with zero attached hydrogens (tertiary/aromatic N) is 3. The van der Waals surface area contributed by atoms with Crippen molar-refractivity contribution in [1.82, 2.24) is 9.88 Å². The smallest absolute Gasteiger partial charge is 0.356 e. The average molecular weight is 454 g/mol. The Bertz CT molecular complexity index is 1070. The number of benzene rings is 1. The Hall–Kier alpha value is -3.20. The molecule has 4 rings (SSSR count). The number of amides is 1. The topological polar surface area (TPSA) is 103 Å². The van der Waals surface area contributed by atoms with E-state index in [-0.39, 0.29) is 36.1 Å². The molecule has 2 aromatic rings. The summed E-state index contributed by atoms with van der Waals surface area (Å²) in [5, 5.41) is 10.8. The zero-order chi connectivity index (χ0) is 22.8. The molecular weight excluding hydrogens is 430 g/mol. The standard InChI is InChI=1S/C23H23N3O5S/c1-14(2)20-18-11-19(32-13-16-7-9-24-10-8-16)21(25(18)22(20)27)23(28)31-12-15-3-5-17(6-4-15)26(29)30/h3-10,14,18,20H,11-13H2,1-2H3. The Morgan fingerprint density at radius 2 is 1.91 bits per heavy atom. The SMILES string of the molecule is CC(C)C1C(=O)N2C(C(=O)OCc3ccc([N+](=O)[O-])cc3)=C(SCc3ccncc3)CC12. The van der Waals surface area contributed by atoms with E-state index in [9.17, 15) is 19.7 Å². The predicted molar refractivity (Wildman–Crippen MR) is 119 cm³/mol. The first-order chi connectivity index (χ1) is 15.4. The van der Waals surface area contributed by atoms with Gasteiger partial charge in [0.05, 0.1) is 16.9 Å². The van der Waals surface area contributed by atoms with Crippen molar-refractivity contribution < 1.29 is 19.2 Å². The first kappa shape index (κ1) is 22.0. The van der Waals surface area contributed by atoms with Gasteiger partial charge in [-0.1, -0.05) is 13.8 Å². The Balaban J connectivity index is 1.50. The molecule has 0 aliphatic carbocycles. The van der Waals surface area contributed by atoms with Crippen molar-refractivity contribution in [3.05, 3.63) is 80.6 Å². The minimum atomic E-state index is -0.543. The van der Waals surface area contributed by atoms with Gasteiger partial charge in [-0.15, -0.1) is 11.8 Å². The van der Waals surface area contributed by atoms with Crippen LogP contribution in [0.4, 0.5) is 5.69 Å². The van der Waals surface area contributed by atoms with Gasteiger partial charge in [0.15, 0.2) is 0 Å². The van der Waals surface area contributed by atoms with Gasteiger partial charge in [-0.2, -0.15) is 0 Å². The molecule has 9 heteroatoms. The molecule has 0 saturated carbocycles. The van der Waals surface area contributed by atoms with Gasteiger partial charge in [0, 0.05) is 41.6 Å². The highest BCUT2D eigenvalue weighted by Gasteiger charge is 2.56. The van der Waals surface area contributed by atoms with Crippen LogP contribution in [0.5, 0.6) is 0 Å². The number of ether oxygens (including phenoxy) is 1. The third-order valence-electron chi connectivity index (χ3n) is 5.76. The summed E-state index contributed by atoms with van der Waals surface area (Å²) >= 11 is 1.55. The monoisotopic (exact) mass is 453 g/mol. The fourth-order valence-electron chi connectivity index (χ4n) is 4.13. The zero-order valence-electron chi connectivity index (χ0n) is 17.8. The molecule has 2 unspecified atom stereocenters. The number of non-ortho nitro benzene ring substituents is 1. The number of hydrogen-bond donors (Lipinski definition) is 0. The summed E-state index contributed by atoms with van der Waals surface area (Å²) in [6.45, 7) is 4.02. The summed E-state index contributed by atoms with van der Waals surface area (Å²) in [6, 6.07) is 9.69. The van der Waals surface area contributed by atoms with E-state index in [1.807, 2.05) is 26.0 Å². The number of β-lactam (4-membered cyclic amide) rings is 1. The van der Waals surface area contributed by atoms with E-state index >= 15 is 0 Å². The molecule has 1 aromatic carbocycles. The molecule has 8 nitrogen and oxygen atoms in total. The van der Waals surface area contributed by atoms with Crippen molar-refractivity contribution in [2.24, 2.45) is 11.8 Å². The molecule has 2 aliphatic rings. The Morgan fingerprint density at radius 3 is 2.53 bits per heavy atom. The first-order valence-corrected chi connectivity index (χ1v) is 11.3. The molecule has 2 aliphatic heterocycles. The van der Waals surface area contributed by atoms with E-state index in [4.69, 9.17) is 4.74 Å². The van der Waals surface area contributed by atoms with Crippen molar-refractivity contribution >= 4 is 29.3 Å². The van der Waals surface area contributed by atoms with Crippen LogP contribution in [0.25, 0.3) is 0 Å². The normalized spacial score (nSPS) is 19.7. The van der Waals surface area contributed by atoms with Gasteiger partial charge < -0.3 is 9.64 Å². The third-order valence-corrected chi connectivity index (χ3v) is 6.95. The summed E-state index contributed by atoms with van der Waals surface area (Å²) in [6.07, 6.45) is 4.10. The quantitative estimate of drug-likeness (QED) is 0.257. The lowest BCUT2D eigenvalue weighted by atomic mass is 9.79. The summed E-state index contributed by atoms with van der Waals surface area (Å²) in [4.78, 5) is 42.6. The first-order valence-electron chi connectivity index (χ1n) is 10.3. The number of rotatable bonds is 8. The van der Waals surface area contributed by atoms with Crippen LogP contribution in [-0.4, -0.2) is 32.7 Å². The molecule has 32 heavy (non-hydrogen) atoms. The Morgan fingerprint density at radius 1 is 1.22 bits per heavy atom. The van der Waals surface area contributed by atoms with Gasteiger partial charge in [0.1, 0.15) is 12.3 Å². The third kappa shape index (κ3) is 4.25. The van der Waals surface area contributed by atoms with Crippen molar-refractivity contribution in [2.75, 3.05) is 0 Å². The van der Waals surface area contributed by atoms with Crippen molar-refractivity contribution in [3.8, 4) is 0 Å². The second-order valence-corrected chi connectivity index (χ2v) is 9.24. The van der Waals surface area contributed by atoms with E-state index < -0.39 is 10.9 Å². The number of nitro groups is 1. The van der Waals surface area contributed by atoms with E-state index in [0.29, 0.717) is 23.4 Å². The minimum absolute atomic E-state index is 0.00985. The Kier molecular flexibility index (Phi) is 6.27. The van der Waals surface area contributed by atoms with Crippen LogP contribution in [0.2, 0.25) is 0 Å². The van der Waals surface area contributed by atoms with Crippen LogP contribution in [0.1, 0.15) is 31.4 Å². The molecule has 0 N–H and O–H groups in total. The van der Waals surface area contributed by atoms with Gasteiger partial charge in [-0.05, 0) is 41.3 Å². The molecule has 3 heterocycles. The van der Waals surface area contributed by atoms with Crippen LogP contribution >= 0.6 is 11.8 Å². The molecule has 1 aromatic heterocycles. The molecule has 166 valence electrons. The number of hydrogen-bond acceptors (Lipinski definition) is 7. The van der Waals surface area contributed by atoms with E-state index in [2.05, 4.69) is 4.98 Å². The molecular formula is C23H23N3O5S. The van der Waals surface area contributed by atoms with Crippen LogP contribution in [0, 0.1) is 22.0 Å². The van der Waals surface area contributed by atoms with Crippen LogP contribution < -0.4 is 0 Å². The second-order valence-electron chi connectivity index (χ2n) is 8.17. The number of carbonyl (C=O) groups excluding carboxylic acids is 2. The lowest BCUT2D eigenvalue weighted by Gasteiger charge is -2.45. The molecule has 1 fully saturated rings. The minimum Gasteiger partial charge on any atom is -0.456 e. The summed E-state index contributed by atoms with van der Waals surface area (Å²) in [5.74, 6) is 0.195. The van der Waals surface area contributed by atoms with Gasteiger partial charge in [0.25, 0.3) is 5.69 Å². The number of carbonyl (C=O) groups is 2. The van der Waals surface area contributed by atoms with Gasteiger partial charge in [0.2, 0.25) is 5.91 Å². The molecule has 0 spiro atoms. The second kappa shape index (κ2) is 9.12. The van der Waals surface area contributed by atoms with Crippen LogP contribution in [0.3, 0.4) is 0 Å². The van der Waals surface area contributed by atoms with E-state index in [1.54, 1.807) is 41.2 Å². The number of esters is 1. The van der Waals surface area contributed by atoms with Crippen LogP contribution in [0.15, 0.2) is 59.4 Å². The molecule has 1 saturated heterocycles. The molecule has 0 bridgehead atoms. The lowest BCUT2D eigenvalue weighted by molar-refractivity contribution is -0.384. The number of aromatic nitrogens is 1. The number of pyridine rings is 1. The van der Waals surface area contributed by atoms with Crippen molar-refractivity contribution in [2.45, 2.75) is 38.7 Å². The fourth-order valence-corrected chi connectivity index (χ4v) is 5.27. The van der Waals surface area contributed by atoms with Gasteiger partial charge >= 0.3 is 5.97 Å². The predicted octanol–water partition coefficient (Wildman–Crippen LogP) is 4.06. The highest BCUT2D eigenvalue weighted by atomic mass is 32.2. The zero-order valence-corrected chi connectivity index (χ0v) is 18.6. The Labute approximate surface area is 189 Å². The van der Waals surface area contributed by atoms with Crippen molar-refractivity contribution in [1.29, 1.82) is 0 Å². The van der Waals surface area contributed by atoms with Crippen molar-refractivity contribution in [3.63, 3.8) is 0 Å². The molecule has 2 atom stereocenters. The maximum absolute atomic E-state index is 13.0. The molecule has 1 amide bonds. The average Bonchev–Trinajstić information content (AvgIpc) is 3.10. The van der Waals surface area contributed by atoms with Crippen LogP contribution in [-0.2, 0) is 26.7 Å². The van der Waals surface area contributed by atoms with Gasteiger partial charge in [-0.3, -0.25) is 19.9 Å². The fraction of sp³-hybridized carbons (Fsp3) is 0.348. The van der Waals surface area contributed by atoms with E-state index in [0.717, 1.165) is 10.5 Å². The summed E-state index contributed by atoms with van der Waals surface area (Å²) < 4.78 is 5.51. The highest BCUT2D eigenvalue weighted by molar-refractivity contribution is 8.02.